The second kappa shape index (κ2) is 3.98. The predicted molar refractivity (Wildman–Crippen MR) is 55.9 cm³/mol. The van der Waals surface area contributed by atoms with Crippen molar-refractivity contribution in [2.24, 2.45) is 0 Å². The number of carbonyl (C=O) groups is 2. The van der Waals surface area contributed by atoms with Crippen LogP contribution in [0.1, 0.15) is 5.69 Å². The number of rotatable bonds is 2. The van der Waals surface area contributed by atoms with Gasteiger partial charge in [-0.25, -0.2) is 4.79 Å². The third kappa shape index (κ3) is 2.15. The summed E-state index contributed by atoms with van der Waals surface area (Å²) < 4.78 is 0.864. The van der Waals surface area contributed by atoms with E-state index in [1.54, 1.807) is 12.3 Å². The monoisotopic (exact) mass is 269 g/mol. The molecular weight excluding hydrogens is 262 g/mol. The zero-order valence-corrected chi connectivity index (χ0v) is 9.32. The van der Waals surface area contributed by atoms with Crippen LogP contribution in [0.2, 0.25) is 0 Å². The Balaban J connectivity index is 2.11. The van der Waals surface area contributed by atoms with Crippen LogP contribution in [0, 0.1) is 0 Å². The molecule has 6 heteroatoms. The zero-order chi connectivity index (χ0) is 10.8. The number of imide groups is 1. The predicted octanol–water partition coefficient (Wildman–Crippen LogP) is 0.896. The highest BCUT2D eigenvalue weighted by molar-refractivity contribution is 9.10. The summed E-state index contributed by atoms with van der Waals surface area (Å²) in [4.78, 5) is 27.7. The molecule has 1 fully saturated rings. The highest BCUT2D eigenvalue weighted by atomic mass is 79.9. The summed E-state index contributed by atoms with van der Waals surface area (Å²) in [5.74, 6) is -0.218. The number of carbonyl (C=O) groups excluding carboxylic acids is 2. The lowest BCUT2D eigenvalue weighted by molar-refractivity contribution is -0.125. The van der Waals surface area contributed by atoms with Crippen LogP contribution >= 0.6 is 15.9 Å². The molecule has 2 heterocycles. The van der Waals surface area contributed by atoms with Crippen LogP contribution in [0.15, 0.2) is 22.8 Å². The smallest absolute Gasteiger partial charge is 0.324 e. The summed E-state index contributed by atoms with van der Waals surface area (Å²) in [7, 11) is 0. The van der Waals surface area contributed by atoms with Gasteiger partial charge in [-0.1, -0.05) is 0 Å². The first-order valence-corrected chi connectivity index (χ1v) is 5.15. The second-order valence-electron chi connectivity index (χ2n) is 3.11. The Morgan fingerprint density at radius 3 is 2.80 bits per heavy atom. The third-order valence-corrected chi connectivity index (χ3v) is 2.51. The lowest BCUT2D eigenvalue weighted by atomic mass is 10.3. The standard InChI is InChI=1S/C9H8BrN3O2/c10-6-1-2-7(11-3-6)5-13-8(14)4-12-9(13)15/h1-3H,4-5H2,(H,12,15). The lowest BCUT2D eigenvalue weighted by Crippen LogP contribution is -2.30. The van der Waals surface area contributed by atoms with Gasteiger partial charge in [0.05, 0.1) is 18.8 Å². The number of halogens is 1. The van der Waals surface area contributed by atoms with Gasteiger partial charge < -0.3 is 5.32 Å². The maximum atomic E-state index is 11.3. The van der Waals surface area contributed by atoms with E-state index < -0.39 is 0 Å². The lowest BCUT2D eigenvalue weighted by Gasteiger charge is -2.11. The maximum Gasteiger partial charge on any atom is 0.324 e. The second-order valence-corrected chi connectivity index (χ2v) is 4.02. The van der Waals surface area contributed by atoms with Crippen LogP contribution in [0.25, 0.3) is 0 Å². The topological polar surface area (TPSA) is 62.3 Å². The Morgan fingerprint density at radius 2 is 2.27 bits per heavy atom. The van der Waals surface area contributed by atoms with Gasteiger partial charge >= 0.3 is 6.03 Å². The minimum Gasteiger partial charge on any atom is -0.329 e. The number of nitrogens with zero attached hydrogens (tertiary/aromatic N) is 2. The molecule has 5 nitrogen and oxygen atoms in total. The van der Waals surface area contributed by atoms with Gasteiger partial charge in [0.25, 0.3) is 0 Å². The molecule has 2 rings (SSSR count). The third-order valence-electron chi connectivity index (χ3n) is 2.05. The van der Waals surface area contributed by atoms with Crippen molar-refractivity contribution in [3.8, 4) is 0 Å². The average molecular weight is 270 g/mol. The summed E-state index contributed by atoms with van der Waals surface area (Å²) in [5, 5.41) is 2.45. The van der Waals surface area contributed by atoms with E-state index in [0.29, 0.717) is 5.69 Å². The van der Waals surface area contributed by atoms with Gasteiger partial charge in [0, 0.05) is 10.7 Å². The van der Waals surface area contributed by atoms with Gasteiger partial charge in [-0.2, -0.15) is 0 Å². The highest BCUT2D eigenvalue weighted by Gasteiger charge is 2.28. The number of urea groups is 1. The Hall–Kier alpha value is -1.43. The van der Waals surface area contributed by atoms with Crippen LogP contribution in [0.3, 0.4) is 0 Å². The fourth-order valence-electron chi connectivity index (χ4n) is 1.28. The first-order valence-electron chi connectivity index (χ1n) is 4.35. The van der Waals surface area contributed by atoms with E-state index in [-0.39, 0.29) is 25.0 Å². The highest BCUT2D eigenvalue weighted by Crippen LogP contribution is 2.10. The average Bonchev–Trinajstić information content (AvgIpc) is 2.53. The van der Waals surface area contributed by atoms with Crippen LogP contribution in [0.5, 0.6) is 0 Å². The molecule has 1 aliphatic heterocycles. The summed E-state index contributed by atoms with van der Waals surface area (Å²) in [6, 6.07) is 3.23. The van der Waals surface area contributed by atoms with E-state index >= 15 is 0 Å². The molecule has 15 heavy (non-hydrogen) atoms. The van der Waals surface area contributed by atoms with Crippen molar-refractivity contribution in [3.63, 3.8) is 0 Å². The molecule has 0 bridgehead atoms. The molecule has 0 spiro atoms. The fraction of sp³-hybridized carbons (Fsp3) is 0.222. The Labute approximate surface area is 94.6 Å². The molecule has 1 N–H and O–H groups in total. The van der Waals surface area contributed by atoms with Gasteiger partial charge in [0.1, 0.15) is 0 Å². The molecule has 1 aromatic heterocycles. The van der Waals surface area contributed by atoms with Gasteiger partial charge in [0.15, 0.2) is 0 Å². The van der Waals surface area contributed by atoms with Crippen molar-refractivity contribution >= 4 is 27.9 Å². The van der Waals surface area contributed by atoms with Crippen molar-refractivity contribution in [3.05, 3.63) is 28.5 Å². The summed E-state index contributed by atoms with van der Waals surface area (Å²) in [6.07, 6.45) is 1.63. The molecule has 0 atom stereocenters. The van der Waals surface area contributed by atoms with E-state index in [9.17, 15) is 9.59 Å². The largest absolute Gasteiger partial charge is 0.329 e. The van der Waals surface area contributed by atoms with Crippen molar-refractivity contribution < 1.29 is 9.59 Å². The van der Waals surface area contributed by atoms with Crippen LogP contribution in [-0.4, -0.2) is 28.4 Å². The molecule has 78 valence electrons. The van der Waals surface area contributed by atoms with Crippen molar-refractivity contribution in [1.29, 1.82) is 0 Å². The molecule has 1 aromatic rings. The molecule has 0 aromatic carbocycles. The number of hydrogen-bond donors (Lipinski definition) is 1. The molecule has 3 amide bonds. The number of aromatic nitrogens is 1. The summed E-state index contributed by atoms with van der Waals surface area (Å²) in [6.45, 7) is 0.299. The Bertz CT molecular complexity index is 388. The van der Waals surface area contributed by atoms with Crippen molar-refractivity contribution in [2.75, 3.05) is 6.54 Å². The van der Waals surface area contributed by atoms with Crippen molar-refractivity contribution in [1.82, 2.24) is 15.2 Å². The molecule has 0 saturated carbocycles. The minimum absolute atomic E-state index is 0.0787. The van der Waals surface area contributed by atoms with Gasteiger partial charge in [-0.05, 0) is 28.1 Å². The Kier molecular flexibility index (Phi) is 2.68. The molecular formula is C9H8BrN3O2. The molecule has 0 unspecified atom stereocenters. The molecule has 0 radical (unpaired) electrons. The van der Waals surface area contributed by atoms with E-state index in [4.69, 9.17) is 0 Å². The minimum atomic E-state index is -0.357. The van der Waals surface area contributed by atoms with Crippen LogP contribution < -0.4 is 5.32 Å². The number of nitrogens with one attached hydrogen (secondary N) is 1. The normalized spacial score (nSPS) is 15.7. The number of amides is 3. The number of pyridine rings is 1. The quantitative estimate of drug-likeness (QED) is 0.812. The maximum absolute atomic E-state index is 11.3. The molecule has 1 saturated heterocycles. The Morgan fingerprint density at radius 1 is 1.47 bits per heavy atom. The van der Waals surface area contributed by atoms with Gasteiger partial charge in [-0.15, -0.1) is 0 Å². The van der Waals surface area contributed by atoms with E-state index in [0.717, 1.165) is 9.37 Å². The molecule has 0 aliphatic carbocycles. The van der Waals surface area contributed by atoms with E-state index in [1.165, 1.54) is 0 Å². The van der Waals surface area contributed by atoms with Gasteiger partial charge in [0.2, 0.25) is 5.91 Å². The zero-order valence-electron chi connectivity index (χ0n) is 7.74. The van der Waals surface area contributed by atoms with Crippen LogP contribution in [0.4, 0.5) is 4.79 Å². The van der Waals surface area contributed by atoms with Gasteiger partial charge in [-0.3, -0.25) is 14.7 Å². The van der Waals surface area contributed by atoms with E-state index in [1.807, 2.05) is 6.07 Å². The van der Waals surface area contributed by atoms with Crippen LogP contribution in [-0.2, 0) is 11.3 Å². The summed E-state index contributed by atoms with van der Waals surface area (Å²) >= 11 is 3.26. The molecule has 1 aliphatic rings. The summed E-state index contributed by atoms with van der Waals surface area (Å²) in [5.41, 5.74) is 0.684. The van der Waals surface area contributed by atoms with E-state index in [2.05, 4.69) is 26.2 Å². The number of hydrogen-bond acceptors (Lipinski definition) is 3. The first-order chi connectivity index (χ1) is 7.16. The fourth-order valence-corrected chi connectivity index (χ4v) is 1.51. The SMILES string of the molecule is O=C1CNC(=O)N1Cc1ccc(Br)cn1. The van der Waals surface area contributed by atoms with Crippen molar-refractivity contribution in [2.45, 2.75) is 6.54 Å². The first kappa shape index (κ1) is 10.1.